The van der Waals surface area contributed by atoms with Gasteiger partial charge in [-0.15, -0.1) is 0 Å². The fourth-order valence-electron chi connectivity index (χ4n) is 3.53. The SMILES string of the molecule is N=C(N)c1ccccc1N1CC(CN2CCN(S(=O)(=O)CC(F)(F)F)CC2)OC1=O. The summed E-state index contributed by atoms with van der Waals surface area (Å²) in [5, 5.41) is 7.65. The molecule has 0 spiro atoms. The van der Waals surface area contributed by atoms with Crippen molar-refractivity contribution in [3.05, 3.63) is 29.8 Å². The average molecular weight is 449 g/mol. The van der Waals surface area contributed by atoms with Crippen molar-refractivity contribution in [3.8, 4) is 0 Å². The van der Waals surface area contributed by atoms with E-state index < -0.39 is 34.1 Å². The van der Waals surface area contributed by atoms with Gasteiger partial charge in [-0.1, -0.05) is 12.1 Å². The van der Waals surface area contributed by atoms with Crippen molar-refractivity contribution in [2.75, 3.05) is 49.9 Å². The lowest BCUT2D eigenvalue weighted by molar-refractivity contribution is -0.107. The number of nitrogens with zero attached hydrogens (tertiary/aromatic N) is 3. The highest BCUT2D eigenvalue weighted by atomic mass is 32.2. The molecular weight excluding hydrogens is 427 g/mol. The molecule has 2 fully saturated rings. The minimum Gasteiger partial charge on any atom is -0.443 e. The van der Waals surface area contributed by atoms with Gasteiger partial charge >= 0.3 is 12.3 Å². The molecule has 0 saturated carbocycles. The molecule has 2 aliphatic heterocycles. The first-order valence-corrected chi connectivity index (χ1v) is 10.8. The van der Waals surface area contributed by atoms with E-state index >= 15 is 0 Å². The van der Waals surface area contributed by atoms with E-state index in [1.165, 1.54) is 4.90 Å². The molecule has 1 amide bonds. The lowest BCUT2D eigenvalue weighted by Crippen LogP contribution is -2.52. The summed E-state index contributed by atoms with van der Waals surface area (Å²) in [6.45, 7) is 0.879. The van der Waals surface area contributed by atoms with Crippen LogP contribution < -0.4 is 10.6 Å². The third-order valence-corrected chi connectivity index (χ3v) is 6.74. The average Bonchev–Trinajstić information content (AvgIpc) is 3.00. The number of carbonyl (C=O) groups is 1. The number of cyclic esters (lactones) is 1. The van der Waals surface area contributed by atoms with E-state index in [-0.39, 0.29) is 38.6 Å². The molecular formula is C17H22F3N5O4S. The Bertz CT molecular complexity index is 916. The number of hydrogen-bond donors (Lipinski definition) is 2. The number of benzene rings is 1. The van der Waals surface area contributed by atoms with Gasteiger partial charge in [-0.3, -0.25) is 15.2 Å². The Balaban J connectivity index is 1.57. The Morgan fingerprint density at radius 2 is 1.83 bits per heavy atom. The number of amidine groups is 1. The van der Waals surface area contributed by atoms with E-state index in [1.807, 2.05) is 4.90 Å². The number of halogens is 3. The van der Waals surface area contributed by atoms with Crippen LogP contribution in [0.3, 0.4) is 0 Å². The van der Waals surface area contributed by atoms with Crippen LogP contribution in [0.4, 0.5) is 23.7 Å². The van der Waals surface area contributed by atoms with Gasteiger partial charge in [0.2, 0.25) is 10.0 Å². The normalized spacial score (nSPS) is 21.6. The number of amides is 1. The number of anilines is 1. The zero-order chi connectivity index (χ0) is 22.1. The highest BCUT2D eigenvalue weighted by Crippen LogP contribution is 2.26. The van der Waals surface area contributed by atoms with Crippen molar-refractivity contribution >= 4 is 27.6 Å². The van der Waals surface area contributed by atoms with Crippen molar-refractivity contribution in [1.82, 2.24) is 9.21 Å². The highest BCUT2D eigenvalue weighted by Gasteiger charge is 2.40. The van der Waals surface area contributed by atoms with Crippen LogP contribution in [0.2, 0.25) is 0 Å². The van der Waals surface area contributed by atoms with Crippen LogP contribution in [0.5, 0.6) is 0 Å². The fraction of sp³-hybridized carbons (Fsp3) is 0.529. The minimum atomic E-state index is -4.78. The van der Waals surface area contributed by atoms with Crippen LogP contribution in [-0.2, 0) is 14.8 Å². The number of piperazine rings is 1. The number of hydrogen-bond acceptors (Lipinski definition) is 6. The summed E-state index contributed by atoms with van der Waals surface area (Å²) in [6, 6.07) is 6.69. The maximum Gasteiger partial charge on any atom is 0.414 e. The maximum atomic E-state index is 12.5. The summed E-state index contributed by atoms with van der Waals surface area (Å²) in [4.78, 5) is 15.5. The minimum absolute atomic E-state index is 0.0596. The Morgan fingerprint density at radius 3 is 2.43 bits per heavy atom. The molecule has 3 rings (SSSR count). The number of nitrogens with two attached hydrogens (primary N) is 1. The van der Waals surface area contributed by atoms with Gasteiger partial charge in [0, 0.05) is 38.3 Å². The maximum absolute atomic E-state index is 12.5. The van der Waals surface area contributed by atoms with Crippen LogP contribution >= 0.6 is 0 Å². The summed E-state index contributed by atoms with van der Waals surface area (Å²) >= 11 is 0. The van der Waals surface area contributed by atoms with E-state index in [4.69, 9.17) is 15.9 Å². The summed E-state index contributed by atoms with van der Waals surface area (Å²) in [7, 11) is -4.40. The van der Waals surface area contributed by atoms with E-state index in [9.17, 15) is 26.4 Å². The Morgan fingerprint density at radius 1 is 1.20 bits per heavy atom. The lowest BCUT2D eigenvalue weighted by Gasteiger charge is -2.34. The molecule has 1 atom stereocenters. The van der Waals surface area contributed by atoms with Crippen molar-refractivity contribution in [2.45, 2.75) is 12.3 Å². The molecule has 0 radical (unpaired) electrons. The quantitative estimate of drug-likeness (QED) is 0.490. The van der Waals surface area contributed by atoms with E-state index in [1.54, 1.807) is 24.3 Å². The number of rotatable bonds is 6. The molecule has 1 unspecified atom stereocenters. The first-order valence-electron chi connectivity index (χ1n) is 9.15. The van der Waals surface area contributed by atoms with E-state index in [0.717, 1.165) is 4.31 Å². The molecule has 0 aliphatic carbocycles. The molecule has 0 aromatic heterocycles. The third kappa shape index (κ3) is 5.21. The van der Waals surface area contributed by atoms with Crippen LogP contribution in [0, 0.1) is 5.41 Å². The summed E-state index contributed by atoms with van der Waals surface area (Å²) < 4.78 is 67.3. The molecule has 2 saturated heterocycles. The van der Waals surface area contributed by atoms with Gasteiger partial charge in [0.25, 0.3) is 0 Å². The molecule has 0 bridgehead atoms. The van der Waals surface area contributed by atoms with Crippen LogP contribution in [0.1, 0.15) is 5.56 Å². The summed E-state index contributed by atoms with van der Waals surface area (Å²) in [5.74, 6) is -2.05. The summed E-state index contributed by atoms with van der Waals surface area (Å²) in [6.07, 6.45) is -5.87. The van der Waals surface area contributed by atoms with Crippen LogP contribution in [0.15, 0.2) is 24.3 Å². The predicted octanol–water partition coefficient (Wildman–Crippen LogP) is 0.806. The summed E-state index contributed by atoms with van der Waals surface area (Å²) in [5.41, 5.74) is 6.43. The first kappa shape index (κ1) is 22.3. The molecule has 2 aliphatic rings. The number of carbonyl (C=O) groups excluding carboxylic acids is 1. The number of alkyl halides is 3. The van der Waals surface area contributed by atoms with Crippen molar-refractivity contribution in [3.63, 3.8) is 0 Å². The Hall–Kier alpha value is -2.38. The topological polar surface area (TPSA) is 120 Å². The van der Waals surface area contributed by atoms with Gasteiger partial charge in [-0.25, -0.2) is 13.2 Å². The molecule has 30 heavy (non-hydrogen) atoms. The lowest BCUT2D eigenvalue weighted by atomic mass is 10.1. The van der Waals surface area contributed by atoms with Crippen LogP contribution in [-0.4, -0.2) is 86.9 Å². The monoisotopic (exact) mass is 449 g/mol. The number of para-hydroxylation sites is 1. The predicted molar refractivity (Wildman–Crippen MR) is 103 cm³/mol. The van der Waals surface area contributed by atoms with Crippen molar-refractivity contribution < 1.29 is 31.1 Å². The van der Waals surface area contributed by atoms with Gasteiger partial charge in [0.15, 0.2) is 5.75 Å². The Kier molecular flexibility index (Phi) is 6.24. The van der Waals surface area contributed by atoms with Gasteiger partial charge in [-0.2, -0.15) is 17.5 Å². The van der Waals surface area contributed by atoms with Gasteiger partial charge in [0.1, 0.15) is 11.9 Å². The third-order valence-electron chi connectivity index (χ3n) is 4.89. The second kappa shape index (κ2) is 8.40. The number of sulfonamides is 1. The molecule has 9 nitrogen and oxygen atoms in total. The zero-order valence-electron chi connectivity index (χ0n) is 15.9. The Labute approximate surface area is 171 Å². The van der Waals surface area contributed by atoms with Gasteiger partial charge in [-0.05, 0) is 12.1 Å². The zero-order valence-corrected chi connectivity index (χ0v) is 16.7. The largest absolute Gasteiger partial charge is 0.443 e. The standard InChI is InChI=1S/C17H22F3N5O4S/c18-17(19,20)11-30(27,28)24-7-5-23(6-8-24)9-12-10-25(16(26)29-12)14-4-2-1-3-13(14)15(21)22/h1-4,12H,5-11H2,(H3,21,22). The van der Waals surface area contributed by atoms with Gasteiger partial charge in [0.05, 0.1) is 12.2 Å². The molecule has 1 aromatic rings. The number of nitrogens with one attached hydrogen (secondary N) is 1. The van der Waals surface area contributed by atoms with E-state index in [0.29, 0.717) is 17.8 Å². The molecule has 2 heterocycles. The fourth-order valence-corrected chi connectivity index (χ4v) is 4.84. The molecule has 166 valence electrons. The second-order valence-corrected chi connectivity index (χ2v) is 9.09. The van der Waals surface area contributed by atoms with Gasteiger partial charge < -0.3 is 10.5 Å². The number of ether oxygens (including phenoxy) is 1. The van der Waals surface area contributed by atoms with Crippen molar-refractivity contribution in [1.29, 1.82) is 5.41 Å². The second-order valence-electron chi connectivity index (χ2n) is 7.12. The smallest absolute Gasteiger partial charge is 0.414 e. The van der Waals surface area contributed by atoms with Crippen LogP contribution in [0.25, 0.3) is 0 Å². The van der Waals surface area contributed by atoms with E-state index in [2.05, 4.69) is 0 Å². The number of nitrogen functional groups attached to an aromatic ring is 1. The van der Waals surface area contributed by atoms with Crippen molar-refractivity contribution in [2.24, 2.45) is 5.73 Å². The molecule has 3 N–H and O–H groups in total. The molecule has 13 heteroatoms. The highest BCUT2D eigenvalue weighted by molar-refractivity contribution is 7.89. The first-order chi connectivity index (χ1) is 14.0. The molecule has 1 aromatic carbocycles.